The van der Waals surface area contributed by atoms with Crippen molar-refractivity contribution in [1.82, 2.24) is 19.7 Å². The second kappa shape index (κ2) is 3.85. The first kappa shape index (κ1) is 11.1. The average Bonchev–Trinajstić information content (AvgIpc) is 2.74. The average molecular weight is 234 g/mol. The van der Waals surface area contributed by atoms with E-state index in [-0.39, 0.29) is 17.2 Å². The van der Waals surface area contributed by atoms with Gasteiger partial charge in [0.1, 0.15) is 0 Å². The molecule has 17 heavy (non-hydrogen) atoms. The lowest BCUT2D eigenvalue weighted by molar-refractivity contribution is 0.0690. The quantitative estimate of drug-likeness (QED) is 0.776. The maximum absolute atomic E-state index is 11.5. The molecule has 0 saturated heterocycles. The van der Waals surface area contributed by atoms with Crippen LogP contribution >= 0.6 is 0 Å². The lowest BCUT2D eigenvalue weighted by Gasteiger charge is -2.03. The van der Waals surface area contributed by atoms with Crippen LogP contribution in [0.4, 0.5) is 0 Å². The van der Waals surface area contributed by atoms with Crippen LogP contribution in [0.1, 0.15) is 21.7 Å². The highest BCUT2D eigenvalue weighted by Crippen LogP contribution is 2.03. The van der Waals surface area contributed by atoms with E-state index in [9.17, 15) is 9.59 Å². The van der Waals surface area contributed by atoms with Gasteiger partial charge in [-0.1, -0.05) is 0 Å². The van der Waals surface area contributed by atoms with Gasteiger partial charge in [0.25, 0.3) is 5.56 Å². The highest BCUT2D eigenvalue weighted by Gasteiger charge is 2.10. The molecular formula is C10H10N4O3. The van der Waals surface area contributed by atoms with Gasteiger partial charge in [0.2, 0.25) is 5.95 Å². The van der Waals surface area contributed by atoms with Gasteiger partial charge in [-0.3, -0.25) is 9.78 Å². The third-order valence-electron chi connectivity index (χ3n) is 2.41. The summed E-state index contributed by atoms with van der Waals surface area (Å²) in [6, 6.07) is 1.33. The Labute approximate surface area is 95.7 Å². The second-order valence-corrected chi connectivity index (χ2v) is 3.55. The first-order valence-corrected chi connectivity index (χ1v) is 4.86. The molecule has 0 fully saturated rings. The van der Waals surface area contributed by atoms with E-state index in [0.717, 1.165) is 0 Å². The van der Waals surface area contributed by atoms with Gasteiger partial charge in [-0.25, -0.2) is 14.5 Å². The molecule has 7 nitrogen and oxygen atoms in total. The highest BCUT2D eigenvalue weighted by atomic mass is 16.4. The Morgan fingerprint density at radius 2 is 2.18 bits per heavy atom. The number of aromatic carboxylic acids is 1. The molecule has 0 unspecified atom stereocenters. The van der Waals surface area contributed by atoms with E-state index in [0.29, 0.717) is 11.3 Å². The number of hydrogen-bond donors (Lipinski definition) is 2. The monoisotopic (exact) mass is 234 g/mol. The summed E-state index contributed by atoms with van der Waals surface area (Å²) in [5.41, 5.74) is 0.737. The summed E-state index contributed by atoms with van der Waals surface area (Å²) >= 11 is 0. The number of nitrogens with zero attached hydrogens (tertiary/aromatic N) is 3. The molecule has 0 aliphatic rings. The summed E-state index contributed by atoms with van der Waals surface area (Å²) in [4.78, 5) is 28.8. The van der Waals surface area contributed by atoms with Crippen molar-refractivity contribution < 1.29 is 9.90 Å². The standard InChI is InChI=1S/C10H10N4O3/c1-5-6(2)11-10(12-8(5)15)14-4-3-7(13-14)9(16)17/h3-4H,1-2H3,(H,16,17)(H,11,12,15). The number of hydrogen-bond acceptors (Lipinski definition) is 4. The molecule has 0 atom stereocenters. The van der Waals surface area contributed by atoms with Crippen molar-refractivity contribution in [3.8, 4) is 5.95 Å². The number of carbonyl (C=O) groups is 1. The molecule has 2 aromatic rings. The van der Waals surface area contributed by atoms with E-state index in [2.05, 4.69) is 15.1 Å². The van der Waals surface area contributed by atoms with Crippen molar-refractivity contribution in [3.05, 3.63) is 39.6 Å². The van der Waals surface area contributed by atoms with Crippen molar-refractivity contribution in [2.24, 2.45) is 0 Å². The second-order valence-electron chi connectivity index (χ2n) is 3.55. The van der Waals surface area contributed by atoms with Gasteiger partial charge >= 0.3 is 5.97 Å². The lowest BCUT2D eigenvalue weighted by atomic mass is 10.3. The topological polar surface area (TPSA) is 101 Å². The molecule has 0 amide bonds. The van der Waals surface area contributed by atoms with Crippen LogP contribution < -0.4 is 5.56 Å². The van der Waals surface area contributed by atoms with Crippen LogP contribution in [0.25, 0.3) is 5.95 Å². The Hall–Kier alpha value is -2.44. The Balaban J connectivity index is 2.53. The summed E-state index contributed by atoms with van der Waals surface area (Å²) in [6.45, 7) is 3.37. The molecule has 7 heteroatoms. The minimum atomic E-state index is -1.13. The van der Waals surface area contributed by atoms with Gasteiger partial charge in [0, 0.05) is 17.5 Å². The predicted octanol–water partition coefficient (Wildman–Crippen LogP) is 0.271. The van der Waals surface area contributed by atoms with Crippen molar-refractivity contribution in [3.63, 3.8) is 0 Å². The zero-order valence-corrected chi connectivity index (χ0v) is 9.26. The van der Waals surface area contributed by atoms with Crippen molar-refractivity contribution in [1.29, 1.82) is 0 Å². The summed E-state index contributed by atoms with van der Waals surface area (Å²) in [5.74, 6) is -0.930. The van der Waals surface area contributed by atoms with Crippen LogP contribution in [-0.4, -0.2) is 30.8 Å². The fourth-order valence-electron chi connectivity index (χ4n) is 1.29. The number of carboxylic acids is 1. The summed E-state index contributed by atoms with van der Waals surface area (Å²) in [7, 11) is 0. The van der Waals surface area contributed by atoms with Crippen LogP contribution in [0.5, 0.6) is 0 Å². The van der Waals surface area contributed by atoms with E-state index in [4.69, 9.17) is 5.11 Å². The van der Waals surface area contributed by atoms with E-state index in [1.54, 1.807) is 13.8 Å². The number of rotatable bonds is 2. The lowest BCUT2D eigenvalue weighted by Crippen LogP contribution is -2.18. The van der Waals surface area contributed by atoms with Gasteiger partial charge in [-0.15, -0.1) is 0 Å². The largest absolute Gasteiger partial charge is 0.476 e. The molecule has 0 aliphatic carbocycles. The molecule has 2 aromatic heterocycles. The third kappa shape index (κ3) is 1.94. The summed E-state index contributed by atoms with van der Waals surface area (Å²) < 4.78 is 1.22. The number of aromatic nitrogens is 4. The van der Waals surface area contributed by atoms with E-state index < -0.39 is 5.97 Å². The Kier molecular flexibility index (Phi) is 2.51. The highest BCUT2D eigenvalue weighted by molar-refractivity contribution is 5.85. The maximum Gasteiger partial charge on any atom is 0.356 e. The fourth-order valence-corrected chi connectivity index (χ4v) is 1.29. The summed E-state index contributed by atoms with van der Waals surface area (Å²) in [6.07, 6.45) is 1.43. The number of nitrogens with one attached hydrogen (secondary N) is 1. The third-order valence-corrected chi connectivity index (χ3v) is 2.41. The molecule has 2 heterocycles. The number of aromatic amines is 1. The fraction of sp³-hybridized carbons (Fsp3) is 0.200. The van der Waals surface area contributed by atoms with Crippen molar-refractivity contribution in [2.45, 2.75) is 13.8 Å². The van der Waals surface area contributed by atoms with E-state index >= 15 is 0 Å². The minimum Gasteiger partial charge on any atom is -0.476 e. The van der Waals surface area contributed by atoms with Gasteiger partial charge in [0.15, 0.2) is 5.69 Å². The number of aryl methyl sites for hydroxylation is 1. The minimum absolute atomic E-state index is 0.106. The molecule has 2 rings (SSSR count). The molecule has 0 aliphatic heterocycles. The number of carboxylic acid groups (broad SMARTS) is 1. The Morgan fingerprint density at radius 3 is 2.71 bits per heavy atom. The van der Waals surface area contributed by atoms with Crippen LogP contribution in [0.2, 0.25) is 0 Å². The van der Waals surface area contributed by atoms with E-state index in [1.165, 1.54) is 16.9 Å². The smallest absolute Gasteiger partial charge is 0.356 e. The molecule has 0 bridgehead atoms. The zero-order valence-electron chi connectivity index (χ0n) is 9.26. The van der Waals surface area contributed by atoms with Gasteiger partial charge in [-0.2, -0.15) is 5.10 Å². The Bertz CT molecular complexity index is 641. The van der Waals surface area contributed by atoms with Crippen LogP contribution in [0.15, 0.2) is 17.1 Å². The predicted molar refractivity (Wildman–Crippen MR) is 58.4 cm³/mol. The van der Waals surface area contributed by atoms with Gasteiger partial charge in [-0.05, 0) is 19.9 Å². The molecule has 88 valence electrons. The maximum atomic E-state index is 11.5. The van der Waals surface area contributed by atoms with Crippen LogP contribution in [0.3, 0.4) is 0 Å². The van der Waals surface area contributed by atoms with Gasteiger partial charge < -0.3 is 5.11 Å². The SMILES string of the molecule is Cc1nc(-n2ccc(C(=O)O)n2)[nH]c(=O)c1C. The molecule has 0 spiro atoms. The molecule has 0 aromatic carbocycles. The molecule has 2 N–H and O–H groups in total. The van der Waals surface area contributed by atoms with Crippen LogP contribution in [0, 0.1) is 13.8 Å². The van der Waals surface area contributed by atoms with Gasteiger partial charge in [0.05, 0.1) is 0 Å². The first-order valence-electron chi connectivity index (χ1n) is 4.86. The number of H-pyrrole nitrogens is 1. The molecule has 0 saturated carbocycles. The molecular weight excluding hydrogens is 224 g/mol. The van der Waals surface area contributed by atoms with E-state index in [1.807, 2.05) is 0 Å². The van der Waals surface area contributed by atoms with Crippen molar-refractivity contribution in [2.75, 3.05) is 0 Å². The zero-order chi connectivity index (χ0) is 12.6. The Morgan fingerprint density at radius 1 is 1.47 bits per heavy atom. The summed E-state index contributed by atoms with van der Waals surface area (Å²) in [5, 5.41) is 12.5. The van der Waals surface area contributed by atoms with Crippen molar-refractivity contribution >= 4 is 5.97 Å². The normalized spacial score (nSPS) is 10.5. The van der Waals surface area contributed by atoms with Crippen LogP contribution in [-0.2, 0) is 0 Å². The first-order chi connectivity index (χ1) is 7.99. The molecule has 0 radical (unpaired) electrons.